The maximum Gasteiger partial charge on any atom is 0.339 e. The molecular formula is C22H22FN3O4S. The first kappa shape index (κ1) is 20.1. The first-order chi connectivity index (χ1) is 14.8. The number of hydrogen-bond donors (Lipinski definition) is 0. The number of rotatable bonds is 5. The number of aryl methyl sites for hydroxylation is 1. The second-order valence-electron chi connectivity index (χ2n) is 8.36. The molecule has 3 heterocycles. The molecule has 2 aliphatic rings. The lowest BCUT2D eigenvalue weighted by atomic mass is 10.1. The lowest BCUT2D eigenvalue weighted by Crippen LogP contribution is -2.14. The molecule has 162 valence electrons. The fraction of sp³-hybridized carbons (Fsp3) is 0.409. The third kappa shape index (κ3) is 3.94. The average molecular weight is 444 g/mol. The Morgan fingerprint density at radius 1 is 1.23 bits per heavy atom. The molecule has 0 amide bonds. The van der Waals surface area contributed by atoms with Crippen molar-refractivity contribution in [3.05, 3.63) is 58.7 Å². The summed E-state index contributed by atoms with van der Waals surface area (Å²) in [5.41, 5.74) is 3.04. The molecule has 1 saturated heterocycles. The molecule has 1 aliphatic carbocycles. The molecule has 3 aromatic rings. The molecule has 31 heavy (non-hydrogen) atoms. The topological polar surface area (TPSA) is 91.1 Å². The number of carbonyl (C=O) groups is 1. The SMILES string of the molecule is Cc1nn(C2CCS(=O)(=O)C2)c2nc(C3CC3)cc(C(=O)OCc3ccc(F)cc3)c12. The van der Waals surface area contributed by atoms with Crippen LogP contribution in [0.2, 0.25) is 0 Å². The van der Waals surface area contributed by atoms with E-state index in [-0.39, 0.29) is 30.0 Å². The smallest absolute Gasteiger partial charge is 0.339 e. The molecule has 2 fully saturated rings. The van der Waals surface area contributed by atoms with Crippen LogP contribution in [0.4, 0.5) is 4.39 Å². The molecule has 1 saturated carbocycles. The number of sulfone groups is 1. The van der Waals surface area contributed by atoms with Gasteiger partial charge in [-0.3, -0.25) is 0 Å². The Kier molecular flexibility index (Phi) is 4.80. The van der Waals surface area contributed by atoms with Crippen molar-refractivity contribution in [3.8, 4) is 0 Å². The molecule has 1 aromatic carbocycles. The molecule has 1 unspecified atom stereocenters. The van der Waals surface area contributed by atoms with Crippen LogP contribution in [-0.4, -0.2) is 40.7 Å². The van der Waals surface area contributed by atoms with Crippen LogP contribution in [0, 0.1) is 12.7 Å². The zero-order chi connectivity index (χ0) is 21.8. The van der Waals surface area contributed by atoms with Crippen molar-refractivity contribution in [1.29, 1.82) is 0 Å². The standard InChI is InChI=1S/C22H22FN3O4S/c1-13-20-18(22(27)30-11-14-2-6-16(23)7-3-14)10-19(15-4-5-15)24-21(20)26(25-13)17-8-9-31(28,29)12-17/h2-3,6-7,10,15,17H,4-5,8-9,11-12H2,1H3. The number of aromatic nitrogens is 3. The van der Waals surface area contributed by atoms with Crippen LogP contribution in [0.3, 0.4) is 0 Å². The summed E-state index contributed by atoms with van der Waals surface area (Å²) in [6.07, 6.45) is 2.50. The summed E-state index contributed by atoms with van der Waals surface area (Å²) in [6, 6.07) is 7.28. The van der Waals surface area contributed by atoms with E-state index < -0.39 is 15.8 Å². The van der Waals surface area contributed by atoms with Crippen LogP contribution in [0.1, 0.15) is 58.5 Å². The summed E-state index contributed by atoms with van der Waals surface area (Å²) in [6.45, 7) is 1.81. The quantitative estimate of drug-likeness (QED) is 0.561. The van der Waals surface area contributed by atoms with Gasteiger partial charge in [-0.2, -0.15) is 5.10 Å². The molecule has 9 heteroatoms. The first-order valence-corrected chi connectivity index (χ1v) is 12.1. The molecule has 0 spiro atoms. The average Bonchev–Trinajstić information content (AvgIpc) is 3.46. The van der Waals surface area contributed by atoms with Crippen LogP contribution in [0.15, 0.2) is 30.3 Å². The minimum absolute atomic E-state index is 0.0236. The van der Waals surface area contributed by atoms with Gasteiger partial charge in [0.25, 0.3) is 0 Å². The summed E-state index contributed by atoms with van der Waals surface area (Å²) < 4.78 is 44.3. The largest absolute Gasteiger partial charge is 0.457 e. The Hall–Kier alpha value is -2.81. The van der Waals surface area contributed by atoms with Crippen LogP contribution >= 0.6 is 0 Å². The highest BCUT2D eigenvalue weighted by molar-refractivity contribution is 7.91. The van der Waals surface area contributed by atoms with E-state index in [1.165, 1.54) is 12.1 Å². The number of fused-ring (bicyclic) bond motifs is 1. The molecule has 1 atom stereocenters. The predicted octanol–water partition coefficient (Wildman–Crippen LogP) is 3.47. The first-order valence-electron chi connectivity index (χ1n) is 10.3. The Balaban J connectivity index is 1.52. The van der Waals surface area contributed by atoms with Crippen LogP contribution in [0.25, 0.3) is 11.0 Å². The maximum atomic E-state index is 13.1. The normalized spacial score (nSPS) is 20.3. The van der Waals surface area contributed by atoms with E-state index in [1.54, 1.807) is 29.8 Å². The summed E-state index contributed by atoms with van der Waals surface area (Å²) in [5.74, 6) is -0.392. The number of ether oxygens (including phenoxy) is 1. The van der Waals surface area contributed by atoms with Crippen LogP contribution in [-0.2, 0) is 21.2 Å². The summed E-state index contributed by atoms with van der Waals surface area (Å²) >= 11 is 0. The van der Waals surface area contributed by atoms with Gasteiger partial charge in [0.05, 0.1) is 34.2 Å². The van der Waals surface area contributed by atoms with Gasteiger partial charge in [0.2, 0.25) is 0 Å². The van der Waals surface area contributed by atoms with Crippen molar-refractivity contribution in [1.82, 2.24) is 14.8 Å². The van der Waals surface area contributed by atoms with Crippen LogP contribution < -0.4 is 0 Å². The van der Waals surface area contributed by atoms with Gasteiger partial charge in [0.1, 0.15) is 12.4 Å². The number of pyridine rings is 1. The third-order valence-electron chi connectivity index (χ3n) is 5.91. The van der Waals surface area contributed by atoms with Gasteiger partial charge < -0.3 is 4.74 Å². The van der Waals surface area contributed by atoms with Gasteiger partial charge in [-0.05, 0) is 49.9 Å². The number of hydrogen-bond acceptors (Lipinski definition) is 6. The monoisotopic (exact) mass is 443 g/mol. The van der Waals surface area contributed by atoms with Gasteiger partial charge >= 0.3 is 5.97 Å². The maximum absolute atomic E-state index is 13.1. The molecule has 2 aromatic heterocycles. The molecule has 0 bridgehead atoms. The van der Waals surface area contributed by atoms with Crippen molar-refractivity contribution in [2.75, 3.05) is 11.5 Å². The highest BCUT2D eigenvalue weighted by Crippen LogP contribution is 2.41. The van der Waals surface area contributed by atoms with Gasteiger partial charge in [-0.1, -0.05) is 12.1 Å². The van der Waals surface area contributed by atoms with Crippen molar-refractivity contribution < 1.29 is 22.3 Å². The summed E-state index contributed by atoms with van der Waals surface area (Å²) in [4.78, 5) is 17.8. The highest BCUT2D eigenvalue weighted by Gasteiger charge is 2.34. The fourth-order valence-electron chi connectivity index (χ4n) is 4.11. The molecule has 0 N–H and O–H groups in total. The number of carbonyl (C=O) groups excluding carboxylic acids is 1. The van der Waals surface area contributed by atoms with E-state index in [2.05, 4.69) is 5.10 Å². The molecule has 7 nitrogen and oxygen atoms in total. The van der Waals surface area contributed by atoms with E-state index in [9.17, 15) is 17.6 Å². The van der Waals surface area contributed by atoms with Crippen molar-refractivity contribution in [2.24, 2.45) is 0 Å². The Bertz CT molecular complexity index is 1280. The summed E-state index contributed by atoms with van der Waals surface area (Å²) in [5, 5.41) is 5.16. The Morgan fingerprint density at radius 3 is 2.61 bits per heavy atom. The molecule has 5 rings (SSSR count). The molecular weight excluding hydrogens is 421 g/mol. The van der Waals surface area contributed by atoms with E-state index in [0.29, 0.717) is 40.2 Å². The van der Waals surface area contributed by atoms with E-state index in [1.807, 2.05) is 0 Å². The second-order valence-corrected chi connectivity index (χ2v) is 10.6. The zero-order valence-electron chi connectivity index (χ0n) is 17.0. The third-order valence-corrected chi connectivity index (χ3v) is 7.66. The Morgan fingerprint density at radius 2 is 1.97 bits per heavy atom. The minimum Gasteiger partial charge on any atom is -0.457 e. The van der Waals surface area contributed by atoms with E-state index in [4.69, 9.17) is 9.72 Å². The van der Waals surface area contributed by atoms with Gasteiger partial charge in [0, 0.05) is 11.6 Å². The van der Waals surface area contributed by atoms with Crippen LogP contribution in [0.5, 0.6) is 0 Å². The van der Waals surface area contributed by atoms with Gasteiger partial charge in [0.15, 0.2) is 15.5 Å². The highest BCUT2D eigenvalue weighted by atomic mass is 32.2. The molecule has 1 aliphatic heterocycles. The van der Waals surface area contributed by atoms with E-state index >= 15 is 0 Å². The number of benzene rings is 1. The second kappa shape index (κ2) is 7.40. The minimum atomic E-state index is -3.09. The predicted molar refractivity (Wildman–Crippen MR) is 112 cm³/mol. The molecule has 0 radical (unpaired) electrons. The van der Waals surface area contributed by atoms with Crippen molar-refractivity contribution >= 4 is 26.8 Å². The van der Waals surface area contributed by atoms with E-state index in [0.717, 1.165) is 18.5 Å². The van der Waals surface area contributed by atoms with Crippen molar-refractivity contribution in [3.63, 3.8) is 0 Å². The summed E-state index contributed by atoms with van der Waals surface area (Å²) in [7, 11) is -3.09. The lowest BCUT2D eigenvalue weighted by molar-refractivity contribution is 0.0474. The van der Waals surface area contributed by atoms with Gasteiger partial charge in [-0.25, -0.2) is 27.3 Å². The zero-order valence-corrected chi connectivity index (χ0v) is 17.9. The van der Waals surface area contributed by atoms with Crippen molar-refractivity contribution in [2.45, 2.75) is 44.8 Å². The lowest BCUT2D eigenvalue weighted by Gasteiger charge is -2.12. The number of nitrogens with zero attached hydrogens (tertiary/aromatic N) is 3. The number of halogens is 1. The van der Waals surface area contributed by atoms with Gasteiger partial charge in [-0.15, -0.1) is 0 Å². The fourth-order valence-corrected chi connectivity index (χ4v) is 5.80. The number of esters is 1. The Labute approximate surface area is 179 Å².